The Morgan fingerprint density at radius 2 is 1.71 bits per heavy atom. The Balaban J connectivity index is 0.00000205. The van der Waals surface area contributed by atoms with Crippen molar-refractivity contribution in [2.45, 2.75) is 60.9 Å². The Labute approximate surface area is 248 Å². The van der Waals surface area contributed by atoms with Crippen LogP contribution in [0.15, 0.2) is 66.8 Å². The Hall–Kier alpha value is -3.91. The van der Waals surface area contributed by atoms with Crippen LogP contribution >= 0.6 is 0 Å². The van der Waals surface area contributed by atoms with E-state index in [1.54, 1.807) is 45.8 Å². The molecule has 0 fully saturated rings. The number of methoxy groups -OCH3 is 1. The summed E-state index contributed by atoms with van der Waals surface area (Å²) >= 11 is 0. The smallest absolute Gasteiger partial charge is 0.255 e. The van der Waals surface area contributed by atoms with Crippen molar-refractivity contribution < 1.29 is 14.3 Å². The molecule has 0 spiro atoms. The van der Waals surface area contributed by atoms with Crippen LogP contribution in [0.4, 0.5) is 5.69 Å². The van der Waals surface area contributed by atoms with Crippen molar-refractivity contribution in [2.24, 2.45) is 0 Å². The topological polar surface area (TPSA) is 95.6 Å². The van der Waals surface area contributed by atoms with Crippen molar-refractivity contribution in [1.82, 2.24) is 20.5 Å². The number of nitrogens with zero attached hydrogens (tertiary/aromatic N) is 2. The first kappa shape index (κ1) is 37.1. The van der Waals surface area contributed by atoms with Crippen LogP contribution in [0.25, 0.3) is 16.7 Å². The third-order valence-electron chi connectivity index (χ3n) is 5.51. The third-order valence-corrected chi connectivity index (χ3v) is 5.51. The largest absolute Gasteiger partial charge is 0.505 e. The summed E-state index contributed by atoms with van der Waals surface area (Å²) in [6.07, 6.45) is 11.1. The van der Waals surface area contributed by atoms with Crippen LogP contribution in [-0.2, 0) is 9.53 Å². The highest BCUT2D eigenvalue weighted by Crippen LogP contribution is 2.29. The van der Waals surface area contributed by atoms with Gasteiger partial charge in [0.2, 0.25) is 5.91 Å². The van der Waals surface area contributed by atoms with Gasteiger partial charge in [0.05, 0.1) is 31.2 Å². The molecular formula is C33H51N5O3. The molecular weight excluding hydrogens is 514 g/mol. The van der Waals surface area contributed by atoms with E-state index < -0.39 is 0 Å². The quantitative estimate of drug-likeness (QED) is 0.237. The van der Waals surface area contributed by atoms with Gasteiger partial charge in [0.25, 0.3) is 5.91 Å². The minimum absolute atomic E-state index is 0.150. The van der Waals surface area contributed by atoms with Gasteiger partial charge in [0.15, 0.2) is 0 Å². The van der Waals surface area contributed by atoms with E-state index in [0.29, 0.717) is 11.3 Å². The summed E-state index contributed by atoms with van der Waals surface area (Å²) in [5.41, 5.74) is 5.57. The first-order chi connectivity index (χ1) is 19.4. The SMILES string of the molecule is C/C=C(C)/C(=C/NC)c1cncc(-c2ccc(NC(=O)CNC(C)(C)C)c(C(=O)N(C)C)c2)c1.C/C=C/OC.CC. The summed E-state index contributed by atoms with van der Waals surface area (Å²) in [5.74, 6) is -0.395. The van der Waals surface area contributed by atoms with Crippen molar-refractivity contribution >= 4 is 23.1 Å². The predicted molar refractivity (Wildman–Crippen MR) is 174 cm³/mol. The molecule has 8 heteroatoms. The summed E-state index contributed by atoms with van der Waals surface area (Å²) in [5, 5.41) is 9.13. The number of anilines is 1. The van der Waals surface area contributed by atoms with Crippen LogP contribution < -0.4 is 16.0 Å². The lowest BCUT2D eigenvalue weighted by molar-refractivity contribution is -0.115. The van der Waals surface area contributed by atoms with E-state index in [4.69, 9.17) is 0 Å². The number of carbonyl (C=O) groups is 2. The van der Waals surface area contributed by atoms with Gasteiger partial charge in [-0.05, 0) is 70.9 Å². The van der Waals surface area contributed by atoms with E-state index in [1.807, 2.05) is 86.1 Å². The van der Waals surface area contributed by atoms with Gasteiger partial charge in [-0.15, -0.1) is 0 Å². The zero-order valence-electron chi connectivity index (χ0n) is 27.1. The highest BCUT2D eigenvalue weighted by molar-refractivity contribution is 6.05. The van der Waals surface area contributed by atoms with Crippen molar-refractivity contribution in [3.63, 3.8) is 0 Å². The number of carbonyl (C=O) groups excluding carboxylic acids is 2. The Kier molecular flexibility index (Phi) is 17.4. The molecule has 0 saturated carbocycles. The van der Waals surface area contributed by atoms with E-state index >= 15 is 0 Å². The van der Waals surface area contributed by atoms with E-state index in [1.165, 1.54) is 4.90 Å². The van der Waals surface area contributed by atoms with Crippen LogP contribution in [0.5, 0.6) is 0 Å². The number of benzene rings is 1. The molecule has 8 nitrogen and oxygen atoms in total. The lowest BCUT2D eigenvalue weighted by Gasteiger charge is -2.21. The summed E-state index contributed by atoms with van der Waals surface area (Å²) in [4.78, 5) is 31.4. The van der Waals surface area contributed by atoms with Crippen LogP contribution in [0, 0.1) is 0 Å². The molecule has 0 radical (unpaired) electrons. The number of hydrogen-bond acceptors (Lipinski definition) is 6. The molecule has 1 aromatic carbocycles. The lowest BCUT2D eigenvalue weighted by Crippen LogP contribution is -2.41. The van der Waals surface area contributed by atoms with Crippen LogP contribution in [0.3, 0.4) is 0 Å². The molecule has 1 aromatic heterocycles. The number of nitrogens with one attached hydrogen (secondary N) is 3. The van der Waals surface area contributed by atoms with E-state index in [2.05, 4.69) is 38.7 Å². The molecule has 0 atom stereocenters. The van der Waals surface area contributed by atoms with E-state index in [-0.39, 0.29) is 23.9 Å². The van der Waals surface area contributed by atoms with Gasteiger partial charge in [-0.25, -0.2) is 0 Å². The van der Waals surface area contributed by atoms with Crippen molar-refractivity contribution in [1.29, 1.82) is 0 Å². The fourth-order valence-corrected chi connectivity index (χ4v) is 3.40. The molecule has 0 aliphatic carbocycles. The van der Waals surface area contributed by atoms with Crippen molar-refractivity contribution in [2.75, 3.05) is 40.1 Å². The highest BCUT2D eigenvalue weighted by atomic mass is 16.5. The first-order valence-electron chi connectivity index (χ1n) is 13.9. The number of allylic oxidation sites excluding steroid dienone is 4. The van der Waals surface area contributed by atoms with Gasteiger partial charge >= 0.3 is 0 Å². The normalized spacial score (nSPS) is 11.5. The van der Waals surface area contributed by atoms with Crippen molar-refractivity contribution in [3.8, 4) is 11.1 Å². The maximum absolute atomic E-state index is 13.0. The standard InChI is InChI=1S/C27H37N5O2.C4H8O.C2H6/c1-9-18(2)23(16-28-6)21-12-20(14-29-15-21)19-10-11-24(22(13-19)26(34)32(7)8)31-25(33)17-30-27(3,4)5;1-3-4-5-2;1-2/h9-16,28,30H,17H2,1-8H3,(H,31,33);3-4H,1-2H3;1-2H3/b18-9+,23-16-;4-3+;. The number of amides is 2. The zero-order valence-corrected chi connectivity index (χ0v) is 27.1. The summed E-state index contributed by atoms with van der Waals surface area (Å²) in [6.45, 7) is 16.1. The summed E-state index contributed by atoms with van der Waals surface area (Å²) in [7, 11) is 6.88. The van der Waals surface area contributed by atoms with E-state index in [9.17, 15) is 9.59 Å². The zero-order chi connectivity index (χ0) is 31.6. The minimum Gasteiger partial charge on any atom is -0.505 e. The Morgan fingerprint density at radius 3 is 2.20 bits per heavy atom. The van der Waals surface area contributed by atoms with Gasteiger partial charge < -0.3 is 25.6 Å². The molecule has 2 amide bonds. The molecule has 2 aromatic rings. The highest BCUT2D eigenvalue weighted by Gasteiger charge is 2.18. The van der Waals surface area contributed by atoms with Crippen LogP contribution in [0.2, 0.25) is 0 Å². The van der Waals surface area contributed by atoms with Crippen LogP contribution in [-0.4, -0.2) is 62.0 Å². The maximum atomic E-state index is 13.0. The molecule has 2 rings (SSSR count). The summed E-state index contributed by atoms with van der Waals surface area (Å²) < 4.78 is 4.51. The second kappa shape index (κ2) is 19.2. The van der Waals surface area contributed by atoms with Gasteiger partial charge in [0, 0.05) is 62.0 Å². The minimum atomic E-state index is -0.206. The number of hydrogen-bond donors (Lipinski definition) is 3. The molecule has 226 valence electrons. The fourth-order valence-electron chi connectivity index (χ4n) is 3.40. The molecule has 0 bridgehead atoms. The summed E-state index contributed by atoms with van der Waals surface area (Å²) in [6, 6.07) is 7.52. The number of ether oxygens (including phenoxy) is 1. The number of rotatable bonds is 9. The Morgan fingerprint density at radius 1 is 1.05 bits per heavy atom. The van der Waals surface area contributed by atoms with Crippen LogP contribution in [0.1, 0.15) is 71.3 Å². The molecule has 41 heavy (non-hydrogen) atoms. The first-order valence-corrected chi connectivity index (χ1v) is 13.9. The van der Waals surface area contributed by atoms with Gasteiger partial charge in [-0.1, -0.05) is 32.1 Å². The molecule has 0 saturated heterocycles. The fraction of sp³-hybridized carbons (Fsp3) is 0.424. The average molecular weight is 566 g/mol. The molecule has 0 unspecified atom stereocenters. The van der Waals surface area contributed by atoms with Gasteiger partial charge in [0.1, 0.15) is 0 Å². The van der Waals surface area contributed by atoms with Gasteiger partial charge in [-0.3, -0.25) is 14.6 Å². The number of aromatic nitrogens is 1. The van der Waals surface area contributed by atoms with Gasteiger partial charge in [-0.2, -0.15) is 0 Å². The second-order valence-corrected chi connectivity index (χ2v) is 10.1. The monoisotopic (exact) mass is 565 g/mol. The second-order valence-electron chi connectivity index (χ2n) is 10.1. The molecule has 1 heterocycles. The maximum Gasteiger partial charge on any atom is 0.255 e. The molecule has 3 N–H and O–H groups in total. The lowest BCUT2D eigenvalue weighted by atomic mass is 9.96. The Bertz CT molecular complexity index is 1190. The van der Waals surface area contributed by atoms with E-state index in [0.717, 1.165) is 27.8 Å². The van der Waals surface area contributed by atoms with Crippen molar-refractivity contribution in [3.05, 3.63) is 78.0 Å². The molecule has 0 aliphatic rings. The third kappa shape index (κ3) is 13.3. The number of pyridine rings is 1. The molecule has 0 aliphatic heterocycles. The predicted octanol–water partition coefficient (Wildman–Crippen LogP) is 6.50. The average Bonchev–Trinajstić information content (AvgIpc) is 2.95.